The van der Waals surface area contributed by atoms with Gasteiger partial charge < -0.3 is 14.2 Å². The number of ether oxygens (including phenoxy) is 1. The van der Waals surface area contributed by atoms with Crippen LogP contribution < -0.4 is 4.90 Å². The first-order valence-corrected chi connectivity index (χ1v) is 10.2. The van der Waals surface area contributed by atoms with Crippen molar-refractivity contribution in [3.05, 3.63) is 52.6 Å². The lowest BCUT2D eigenvalue weighted by molar-refractivity contribution is -0.141. The number of anilines is 1. The Balaban J connectivity index is 1.66. The number of hydrogen-bond acceptors (Lipinski definition) is 3. The van der Waals surface area contributed by atoms with E-state index in [1.807, 2.05) is 6.07 Å². The van der Waals surface area contributed by atoms with Gasteiger partial charge in [-0.2, -0.15) is 0 Å². The zero-order chi connectivity index (χ0) is 19.0. The fraction of sp³-hybridized carbons (Fsp3) is 0.400. The molecule has 4 rings (SSSR count). The molecule has 0 unspecified atom stereocenters. The van der Waals surface area contributed by atoms with Gasteiger partial charge in [0.1, 0.15) is 23.4 Å². The van der Waals surface area contributed by atoms with Gasteiger partial charge in [-0.15, -0.1) is 0 Å². The number of carbonyl (C=O) groups is 2. The number of esters is 1. The van der Waals surface area contributed by atoms with Gasteiger partial charge in [0.15, 0.2) is 0 Å². The van der Waals surface area contributed by atoms with E-state index in [2.05, 4.69) is 20.5 Å². The van der Waals surface area contributed by atoms with Crippen LogP contribution in [0.5, 0.6) is 0 Å². The normalized spacial score (nSPS) is 16.1. The van der Waals surface area contributed by atoms with Gasteiger partial charge in [-0.05, 0) is 49.4 Å². The van der Waals surface area contributed by atoms with E-state index in [4.69, 9.17) is 4.74 Å². The number of carbonyl (C=O) groups excluding carboxylic acids is 2. The summed E-state index contributed by atoms with van der Waals surface area (Å²) in [6.07, 6.45) is 4.33. The molecule has 142 valence electrons. The quantitative estimate of drug-likeness (QED) is 0.545. The number of alkyl halides is 1. The molecule has 0 atom stereocenters. The Morgan fingerprint density at radius 2 is 2.00 bits per heavy atom. The molecule has 1 amide bonds. The topological polar surface area (TPSA) is 51.5 Å². The van der Waals surface area contributed by atoms with Gasteiger partial charge in [-0.3, -0.25) is 9.59 Å². The number of hydrogen-bond donors (Lipinski definition) is 0. The minimum atomic E-state index is -0.423. The van der Waals surface area contributed by atoms with E-state index >= 15 is 0 Å². The minimum absolute atomic E-state index is 0.00133. The Morgan fingerprint density at radius 1 is 1.19 bits per heavy atom. The molecule has 0 bridgehead atoms. The molecule has 7 heteroatoms. The first-order chi connectivity index (χ1) is 13.1. The van der Waals surface area contributed by atoms with E-state index < -0.39 is 11.8 Å². The van der Waals surface area contributed by atoms with Crippen molar-refractivity contribution in [2.75, 3.05) is 16.8 Å². The molecule has 2 aromatic rings. The lowest BCUT2D eigenvalue weighted by Gasteiger charge is -2.31. The van der Waals surface area contributed by atoms with E-state index in [0.717, 1.165) is 25.7 Å². The van der Waals surface area contributed by atoms with E-state index in [-0.39, 0.29) is 17.8 Å². The molecule has 1 aliphatic heterocycles. The highest BCUT2D eigenvalue weighted by molar-refractivity contribution is 9.09. The predicted octanol–water partition coefficient (Wildman–Crippen LogP) is 3.60. The molecule has 1 aromatic heterocycles. The van der Waals surface area contributed by atoms with Crippen LogP contribution in [0.4, 0.5) is 10.1 Å². The average molecular weight is 435 g/mol. The number of rotatable bonds is 4. The van der Waals surface area contributed by atoms with Crippen LogP contribution in [0.2, 0.25) is 0 Å². The van der Waals surface area contributed by atoms with Crippen LogP contribution in [0.25, 0.3) is 0 Å². The number of aromatic nitrogens is 1. The summed E-state index contributed by atoms with van der Waals surface area (Å²) in [4.78, 5) is 26.2. The molecule has 1 aliphatic carbocycles. The summed E-state index contributed by atoms with van der Waals surface area (Å²) in [5.74, 6) is -0.959. The monoisotopic (exact) mass is 434 g/mol. The smallest absolute Gasteiger partial charge is 0.316 e. The average Bonchev–Trinajstić information content (AvgIpc) is 3.07. The molecular formula is C20H20BrFN2O3. The summed E-state index contributed by atoms with van der Waals surface area (Å²) >= 11 is 3.05. The largest absolute Gasteiger partial charge is 0.460 e. The van der Waals surface area contributed by atoms with Gasteiger partial charge in [0.25, 0.3) is 5.91 Å². The first kappa shape index (κ1) is 18.2. The highest BCUT2D eigenvalue weighted by Gasteiger charge is 2.31. The van der Waals surface area contributed by atoms with Gasteiger partial charge >= 0.3 is 5.97 Å². The molecular weight excluding hydrogens is 415 g/mol. The van der Waals surface area contributed by atoms with Gasteiger partial charge in [-0.25, -0.2) is 4.39 Å². The van der Waals surface area contributed by atoms with Crippen LogP contribution in [0.3, 0.4) is 0 Å². The Morgan fingerprint density at radius 3 is 2.81 bits per heavy atom. The lowest BCUT2D eigenvalue weighted by Crippen LogP contribution is -2.41. The maximum Gasteiger partial charge on any atom is 0.316 e. The third-order valence-electron chi connectivity index (χ3n) is 5.26. The second kappa shape index (κ2) is 7.46. The number of fused-ring (bicyclic) bond motifs is 3. The zero-order valence-corrected chi connectivity index (χ0v) is 16.4. The van der Waals surface area contributed by atoms with E-state index in [0.29, 0.717) is 30.0 Å². The van der Waals surface area contributed by atoms with Crippen LogP contribution in [-0.2, 0) is 35.5 Å². The summed E-state index contributed by atoms with van der Waals surface area (Å²) in [6, 6.07) is 6.22. The number of benzene rings is 1. The third-order valence-corrected chi connectivity index (χ3v) is 5.71. The van der Waals surface area contributed by atoms with Crippen molar-refractivity contribution in [3.8, 4) is 0 Å². The van der Waals surface area contributed by atoms with Crippen LogP contribution in [0.15, 0.2) is 24.3 Å². The van der Waals surface area contributed by atoms with Crippen LogP contribution in [-0.4, -0.2) is 28.3 Å². The van der Waals surface area contributed by atoms with E-state index in [1.54, 1.807) is 11.0 Å². The summed E-state index contributed by atoms with van der Waals surface area (Å²) in [5, 5.41) is 0.0885. The van der Waals surface area contributed by atoms with Crippen molar-refractivity contribution in [1.82, 2.24) is 4.57 Å². The summed E-state index contributed by atoms with van der Waals surface area (Å²) < 4.78 is 21.2. The maximum absolute atomic E-state index is 13.9. The SMILES string of the molecule is O=C(CBr)OCc1ccc(F)cc1N1CCn2c(cc3c2CCCC3)C1=O. The first-order valence-electron chi connectivity index (χ1n) is 9.11. The van der Waals surface area contributed by atoms with Crippen molar-refractivity contribution in [2.24, 2.45) is 0 Å². The second-order valence-corrected chi connectivity index (χ2v) is 7.45. The molecule has 0 N–H and O–H groups in total. The Hall–Kier alpha value is -2.15. The summed E-state index contributed by atoms with van der Waals surface area (Å²) in [7, 11) is 0. The number of nitrogens with zero attached hydrogens (tertiary/aromatic N) is 2. The van der Waals surface area contributed by atoms with Crippen molar-refractivity contribution < 1.29 is 18.7 Å². The minimum Gasteiger partial charge on any atom is -0.460 e. The van der Waals surface area contributed by atoms with Gasteiger partial charge in [0.05, 0.1) is 5.69 Å². The third kappa shape index (κ3) is 3.40. The number of amides is 1. The number of halogens is 2. The Kier molecular flexibility index (Phi) is 5.04. The number of aryl methyl sites for hydroxylation is 1. The van der Waals surface area contributed by atoms with Crippen LogP contribution >= 0.6 is 15.9 Å². The van der Waals surface area contributed by atoms with Crippen molar-refractivity contribution >= 4 is 33.5 Å². The second-order valence-electron chi connectivity index (χ2n) is 6.88. The summed E-state index contributed by atoms with van der Waals surface area (Å²) in [6.45, 7) is 1.16. The summed E-state index contributed by atoms with van der Waals surface area (Å²) in [5.41, 5.74) is 4.28. The van der Waals surface area contributed by atoms with E-state index in [9.17, 15) is 14.0 Å². The zero-order valence-electron chi connectivity index (χ0n) is 14.8. The molecule has 2 aliphatic rings. The molecule has 5 nitrogen and oxygen atoms in total. The van der Waals surface area contributed by atoms with Crippen molar-refractivity contribution in [1.29, 1.82) is 0 Å². The molecule has 0 radical (unpaired) electrons. The van der Waals surface area contributed by atoms with Crippen molar-refractivity contribution in [3.63, 3.8) is 0 Å². The molecule has 1 aromatic carbocycles. The Labute approximate surface area is 165 Å². The molecule has 0 spiro atoms. The lowest BCUT2D eigenvalue weighted by atomic mass is 9.98. The fourth-order valence-electron chi connectivity index (χ4n) is 3.97. The maximum atomic E-state index is 13.9. The standard InChI is InChI=1S/C20H20BrFN2O3/c21-11-19(25)27-12-14-5-6-15(22)10-17(14)24-8-7-23-16-4-2-1-3-13(16)9-18(23)20(24)26/h5-6,9-10H,1-4,7-8,11-12H2. The van der Waals surface area contributed by atoms with Crippen LogP contribution in [0, 0.1) is 5.82 Å². The Bertz CT molecular complexity index is 909. The molecule has 2 heterocycles. The predicted molar refractivity (Wildman–Crippen MR) is 103 cm³/mol. The van der Waals surface area contributed by atoms with Gasteiger partial charge in [0.2, 0.25) is 0 Å². The van der Waals surface area contributed by atoms with Crippen molar-refractivity contribution in [2.45, 2.75) is 38.8 Å². The highest BCUT2D eigenvalue weighted by atomic mass is 79.9. The molecule has 0 saturated carbocycles. The highest BCUT2D eigenvalue weighted by Crippen LogP contribution is 2.31. The molecule has 0 saturated heterocycles. The molecule has 0 fully saturated rings. The molecule has 27 heavy (non-hydrogen) atoms. The fourth-order valence-corrected chi connectivity index (χ4v) is 4.14. The van der Waals surface area contributed by atoms with E-state index in [1.165, 1.54) is 23.4 Å². The van der Waals surface area contributed by atoms with Gasteiger partial charge in [-0.1, -0.05) is 22.0 Å². The van der Waals surface area contributed by atoms with Gasteiger partial charge in [0, 0.05) is 24.3 Å². The van der Waals surface area contributed by atoms with Crippen LogP contribution in [0.1, 0.15) is 40.2 Å².